The van der Waals surface area contributed by atoms with Crippen molar-refractivity contribution >= 4 is 22.3 Å². The molecule has 1 aliphatic rings. The predicted octanol–water partition coefficient (Wildman–Crippen LogP) is 2.49. The molecule has 0 bridgehead atoms. The van der Waals surface area contributed by atoms with Gasteiger partial charge in [0, 0.05) is 36.4 Å². The Hall–Kier alpha value is -2.21. The molecule has 1 fully saturated rings. The highest BCUT2D eigenvalue weighted by molar-refractivity contribution is 5.96. The molecule has 1 N–H and O–H groups in total. The minimum atomic E-state index is -0.620. The van der Waals surface area contributed by atoms with Crippen LogP contribution < -0.4 is 4.90 Å². The first-order valence-corrected chi connectivity index (χ1v) is 6.97. The van der Waals surface area contributed by atoms with Gasteiger partial charge in [-0.2, -0.15) is 0 Å². The number of nitro benzene ring substituents is 1. The third-order valence-corrected chi connectivity index (χ3v) is 4.10. The fraction of sp³-hybridized carbons (Fsp3) is 0.400. The van der Waals surface area contributed by atoms with Crippen molar-refractivity contribution in [2.45, 2.75) is 25.4 Å². The highest BCUT2D eigenvalue weighted by atomic mass is 16.6. The molecular formula is C15H17N3O3. The summed E-state index contributed by atoms with van der Waals surface area (Å²) in [5.74, 6) is 0. The summed E-state index contributed by atoms with van der Waals surface area (Å²) in [6.07, 6.45) is 2.98. The van der Waals surface area contributed by atoms with E-state index in [1.165, 1.54) is 6.07 Å². The molecule has 21 heavy (non-hydrogen) atoms. The van der Waals surface area contributed by atoms with Gasteiger partial charge in [0.2, 0.25) is 0 Å². The van der Waals surface area contributed by atoms with E-state index in [0.29, 0.717) is 18.4 Å². The molecule has 2 heterocycles. The Bertz CT molecular complexity index is 690. The molecule has 1 aliphatic heterocycles. The van der Waals surface area contributed by atoms with Crippen molar-refractivity contribution in [3.05, 3.63) is 40.6 Å². The van der Waals surface area contributed by atoms with Crippen LogP contribution in [-0.2, 0) is 0 Å². The number of benzene rings is 1. The van der Waals surface area contributed by atoms with E-state index in [4.69, 9.17) is 0 Å². The smallest absolute Gasteiger partial charge is 0.295 e. The van der Waals surface area contributed by atoms with E-state index >= 15 is 0 Å². The summed E-state index contributed by atoms with van der Waals surface area (Å²) in [6, 6.07) is 6.90. The maximum Gasteiger partial charge on any atom is 0.295 e. The average Bonchev–Trinajstić information content (AvgIpc) is 2.46. The van der Waals surface area contributed by atoms with Gasteiger partial charge in [0.1, 0.15) is 5.52 Å². The normalized spacial score (nSPS) is 17.9. The monoisotopic (exact) mass is 287 g/mol. The topological polar surface area (TPSA) is 79.5 Å². The zero-order valence-corrected chi connectivity index (χ0v) is 11.8. The van der Waals surface area contributed by atoms with Crippen LogP contribution in [0.15, 0.2) is 30.5 Å². The molecule has 0 radical (unpaired) electrons. The number of hydrogen-bond acceptors (Lipinski definition) is 5. The second kappa shape index (κ2) is 4.96. The zero-order valence-electron chi connectivity index (χ0n) is 11.8. The number of anilines is 1. The molecule has 0 saturated carbocycles. The Labute approximate surface area is 122 Å². The van der Waals surface area contributed by atoms with E-state index < -0.39 is 10.5 Å². The number of rotatable bonds is 2. The van der Waals surface area contributed by atoms with Crippen LogP contribution in [0.1, 0.15) is 19.8 Å². The lowest BCUT2D eigenvalue weighted by atomic mass is 9.93. The number of hydrogen-bond donors (Lipinski definition) is 1. The van der Waals surface area contributed by atoms with Crippen molar-refractivity contribution in [1.29, 1.82) is 0 Å². The van der Waals surface area contributed by atoms with Crippen LogP contribution in [0.3, 0.4) is 0 Å². The van der Waals surface area contributed by atoms with Crippen LogP contribution in [0.4, 0.5) is 11.4 Å². The fourth-order valence-electron chi connectivity index (χ4n) is 2.80. The molecule has 1 saturated heterocycles. The minimum absolute atomic E-state index is 0.0263. The van der Waals surface area contributed by atoms with Crippen molar-refractivity contribution in [2.75, 3.05) is 18.0 Å². The Morgan fingerprint density at radius 1 is 1.33 bits per heavy atom. The number of aromatic nitrogens is 1. The molecular weight excluding hydrogens is 270 g/mol. The van der Waals surface area contributed by atoms with Crippen LogP contribution in [0.25, 0.3) is 10.9 Å². The van der Waals surface area contributed by atoms with Crippen LogP contribution in [0.2, 0.25) is 0 Å². The quantitative estimate of drug-likeness (QED) is 0.678. The van der Waals surface area contributed by atoms with Crippen molar-refractivity contribution in [3.63, 3.8) is 0 Å². The second-order valence-electron chi connectivity index (χ2n) is 5.74. The number of aliphatic hydroxyl groups is 1. The molecule has 2 aromatic rings. The van der Waals surface area contributed by atoms with E-state index in [1.54, 1.807) is 12.3 Å². The van der Waals surface area contributed by atoms with Crippen LogP contribution in [-0.4, -0.2) is 33.7 Å². The third kappa shape index (κ3) is 2.54. The lowest BCUT2D eigenvalue weighted by Gasteiger charge is -2.37. The maximum absolute atomic E-state index is 11.1. The number of fused-ring (bicyclic) bond motifs is 1. The van der Waals surface area contributed by atoms with E-state index in [9.17, 15) is 15.2 Å². The van der Waals surface area contributed by atoms with Crippen molar-refractivity contribution in [1.82, 2.24) is 4.98 Å². The van der Waals surface area contributed by atoms with Crippen LogP contribution in [0.5, 0.6) is 0 Å². The SMILES string of the molecule is CC1(O)CCN(c2ccnc3c([N+](=O)[O-])cccc23)CC1. The van der Waals surface area contributed by atoms with Gasteiger partial charge in [-0.15, -0.1) is 0 Å². The Balaban J connectivity index is 2.04. The summed E-state index contributed by atoms with van der Waals surface area (Å²) in [4.78, 5) is 17.0. The molecule has 6 nitrogen and oxygen atoms in total. The van der Waals surface area contributed by atoms with Crippen molar-refractivity contribution < 1.29 is 10.0 Å². The molecule has 0 spiro atoms. The predicted molar refractivity (Wildman–Crippen MR) is 80.5 cm³/mol. The fourth-order valence-corrected chi connectivity index (χ4v) is 2.80. The Kier molecular flexibility index (Phi) is 3.25. The first-order chi connectivity index (χ1) is 9.98. The lowest BCUT2D eigenvalue weighted by molar-refractivity contribution is -0.383. The molecule has 1 aromatic heterocycles. The minimum Gasteiger partial charge on any atom is -0.390 e. The van der Waals surface area contributed by atoms with Gasteiger partial charge >= 0.3 is 0 Å². The van der Waals surface area contributed by atoms with Gasteiger partial charge in [-0.3, -0.25) is 10.1 Å². The number of nitrogens with zero attached hydrogens (tertiary/aromatic N) is 3. The highest BCUT2D eigenvalue weighted by Gasteiger charge is 2.28. The number of non-ortho nitro benzene ring substituents is 1. The molecule has 1 aromatic carbocycles. The number of piperidine rings is 1. The van der Waals surface area contributed by atoms with Crippen LogP contribution in [0, 0.1) is 10.1 Å². The van der Waals surface area contributed by atoms with Crippen molar-refractivity contribution in [2.24, 2.45) is 0 Å². The summed E-state index contributed by atoms with van der Waals surface area (Å²) < 4.78 is 0. The molecule has 0 unspecified atom stereocenters. The second-order valence-corrected chi connectivity index (χ2v) is 5.74. The third-order valence-electron chi connectivity index (χ3n) is 4.10. The van der Waals surface area contributed by atoms with Crippen molar-refractivity contribution in [3.8, 4) is 0 Å². The zero-order chi connectivity index (χ0) is 15.0. The van der Waals surface area contributed by atoms with Crippen LogP contribution >= 0.6 is 0 Å². The van der Waals surface area contributed by atoms with E-state index in [1.807, 2.05) is 19.1 Å². The molecule has 6 heteroatoms. The summed E-state index contributed by atoms with van der Waals surface area (Å²) in [6.45, 7) is 3.31. The van der Waals surface area contributed by atoms with Gasteiger partial charge in [0.25, 0.3) is 5.69 Å². The molecule has 110 valence electrons. The Morgan fingerprint density at radius 2 is 2.05 bits per heavy atom. The lowest BCUT2D eigenvalue weighted by Crippen LogP contribution is -2.42. The molecule has 0 amide bonds. The molecule has 0 aliphatic carbocycles. The summed E-state index contributed by atoms with van der Waals surface area (Å²) in [5.41, 5.74) is 0.764. The number of pyridine rings is 1. The highest BCUT2D eigenvalue weighted by Crippen LogP contribution is 2.33. The molecule has 0 atom stereocenters. The largest absolute Gasteiger partial charge is 0.390 e. The number of para-hydroxylation sites is 1. The summed E-state index contributed by atoms with van der Waals surface area (Å²) >= 11 is 0. The maximum atomic E-state index is 11.1. The van der Waals surface area contributed by atoms with Gasteiger partial charge in [-0.1, -0.05) is 12.1 Å². The standard InChI is InChI=1S/C15H17N3O3/c1-15(19)6-9-17(10-7-15)12-5-8-16-14-11(12)3-2-4-13(14)18(20)21/h2-5,8,19H,6-7,9-10H2,1H3. The van der Waals surface area contributed by atoms with Gasteiger partial charge in [-0.05, 0) is 25.8 Å². The number of nitro groups is 1. The van der Waals surface area contributed by atoms with E-state index in [-0.39, 0.29) is 5.69 Å². The van der Waals surface area contributed by atoms with Gasteiger partial charge in [0.05, 0.1) is 10.5 Å². The van der Waals surface area contributed by atoms with Gasteiger partial charge < -0.3 is 10.0 Å². The van der Waals surface area contributed by atoms with E-state index in [0.717, 1.165) is 24.2 Å². The van der Waals surface area contributed by atoms with Gasteiger partial charge in [0.15, 0.2) is 0 Å². The van der Waals surface area contributed by atoms with Gasteiger partial charge in [-0.25, -0.2) is 4.98 Å². The summed E-state index contributed by atoms with van der Waals surface area (Å²) in [5, 5.41) is 21.9. The first kappa shape index (κ1) is 13.8. The first-order valence-electron chi connectivity index (χ1n) is 6.97. The molecule has 3 rings (SSSR count). The summed E-state index contributed by atoms with van der Waals surface area (Å²) in [7, 11) is 0. The van der Waals surface area contributed by atoms with E-state index in [2.05, 4.69) is 9.88 Å². The Morgan fingerprint density at radius 3 is 2.71 bits per heavy atom. The average molecular weight is 287 g/mol.